The van der Waals surface area contributed by atoms with Gasteiger partial charge in [-0.3, -0.25) is 10.1 Å². The van der Waals surface area contributed by atoms with Crippen molar-refractivity contribution in [2.45, 2.75) is 6.61 Å². The van der Waals surface area contributed by atoms with Crippen LogP contribution in [-0.2, 0) is 6.61 Å². The van der Waals surface area contributed by atoms with Crippen LogP contribution < -0.4 is 4.74 Å². The van der Waals surface area contributed by atoms with E-state index in [-0.39, 0.29) is 24.1 Å². The van der Waals surface area contributed by atoms with Gasteiger partial charge in [-0.25, -0.2) is 0 Å². The quantitative estimate of drug-likeness (QED) is 0.373. The number of nitro benzene ring substituents is 1. The van der Waals surface area contributed by atoms with Gasteiger partial charge < -0.3 is 13.6 Å². The van der Waals surface area contributed by atoms with Crippen molar-refractivity contribution in [1.29, 1.82) is 0 Å². The van der Waals surface area contributed by atoms with Crippen LogP contribution in [-0.4, -0.2) is 25.3 Å². The third-order valence-electron chi connectivity index (χ3n) is 3.62. The van der Waals surface area contributed by atoms with Crippen LogP contribution in [0.25, 0.3) is 22.9 Å². The molecule has 4 rings (SSSR count). The Hall–Kier alpha value is -4.08. The molecule has 0 amide bonds. The zero-order chi connectivity index (χ0) is 18.6. The van der Waals surface area contributed by atoms with E-state index in [2.05, 4.69) is 20.4 Å². The summed E-state index contributed by atoms with van der Waals surface area (Å²) >= 11 is 0. The predicted octanol–water partition coefficient (Wildman–Crippen LogP) is 3.27. The zero-order valence-corrected chi connectivity index (χ0v) is 13.7. The highest BCUT2D eigenvalue weighted by Gasteiger charge is 2.12. The number of benzene rings is 2. The first-order valence-electron chi connectivity index (χ1n) is 7.75. The summed E-state index contributed by atoms with van der Waals surface area (Å²) in [5.41, 5.74) is 1.35. The minimum Gasteiger partial charge on any atom is -0.484 e. The monoisotopic (exact) mass is 365 g/mol. The van der Waals surface area contributed by atoms with Crippen LogP contribution in [0.2, 0.25) is 0 Å². The topological polar surface area (TPSA) is 130 Å². The Labute approximate surface area is 151 Å². The Balaban J connectivity index is 1.40. The molecule has 134 valence electrons. The van der Waals surface area contributed by atoms with Gasteiger partial charge in [0.15, 0.2) is 6.61 Å². The summed E-state index contributed by atoms with van der Waals surface area (Å²) in [5, 5.41) is 26.0. The lowest BCUT2D eigenvalue weighted by Gasteiger charge is -2.03. The van der Waals surface area contributed by atoms with E-state index in [4.69, 9.17) is 13.6 Å². The van der Waals surface area contributed by atoms with Crippen LogP contribution in [0.5, 0.6) is 5.75 Å². The first-order chi connectivity index (χ1) is 13.2. The van der Waals surface area contributed by atoms with E-state index in [0.29, 0.717) is 17.2 Å². The van der Waals surface area contributed by atoms with Gasteiger partial charge in [0.2, 0.25) is 18.2 Å². The molecule has 2 aromatic heterocycles. The second-order valence-electron chi connectivity index (χ2n) is 5.36. The first-order valence-corrected chi connectivity index (χ1v) is 7.75. The number of ether oxygens (including phenoxy) is 1. The molecule has 0 aliphatic carbocycles. The van der Waals surface area contributed by atoms with Gasteiger partial charge in [0.25, 0.3) is 11.6 Å². The highest BCUT2D eigenvalue weighted by Crippen LogP contribution is 2.23. The zero-order valence-electron chi connectivity index (χ0n) is 13.7. The largest absolute Gasteiger partial charge is 0.484 e. The Morgan fingerprint density at radius 1 is 0.926 bits per heavy atom. The fraction of sp³-hybridized carbons (Fsp3) is 0.0588. The summed E-state index contributed by atoms with van der Waals surface area (Å²) in [5.74, 6) is 1.57. The number of hydrogen-bond acceptors (Lipinski definition) is 9. The molecule has 0 spiro atoms. The lowest BCUT2D eigenvalue weighted by atomic mass is 10.2. The van der Waals surface area contributed by atoms with Gasteiger partial charge in [-0.05, 0) is 36.4 Å². The molecular weight excluding hydrogens is 354 g/mol. The number of non-ortho nitro benzene ring substituents is 1. The molecule has 0 radical (unpaired) electrons. The Morgan fingerprint density at radius 2 is 1.63 bits per heavy atom. The first kappa shape index (κ1) is 16.4. The molecule has 0 saturated heterocycles. The Bertz CT molecular complexity index is 1040. The van der Waals surface area contributed by atoms with Gasteiger partial charge in [-0.2, -0.15) is 0 Å². The van der Waals surface area contributed by atoms with Crippen LogP contribution >= 0.6 is 0 Å². The fourth-order valence-electron chi connectivity index (χ4n) is 2.29. The summed E-state index contributed by atoms with van der Waals surface area (Å²) in [6.45, 7) is 0.0832. The highest BCUT2D eigenvalue weighted by atomic mass is 16.6. The molecule has 0 N–H and O–H groups in total. The van der Waals surface area contributed by atoms with Gasteiger partial charge >= 0.3 is 0 Å². The number of nitro groups is 1. The van der Waals surface area contributed by atoms with E-state index in [9.17, 15) is 10.1 Å². The van der Waals surface area contributed by atoms with Gasteiger partial charge in [0.05, 0.1) is 4.92 Å². The van der Waals surface area contributed by atoms with Gasteiger partial charge in [-0.1, -0.05) is 0 Å². The molecule has 0 aliphatic rings. The van der Waals surface area contributed by atoms with Gasteiger partial charge in [-0.15, -0.1) is 20.4 Å². The molecule has 10 nitrogen and oxygen atoms in total. The number of rotatable bonds is 6. The maximum absolute atomic E-state index is 10.7. The van der Waals surface area contributed by atoms with Crippen molar-refractivity contribution >= 4 is 5.69 Å². The van der Waals surface area contributed by atoms with E-state index in [1.54, 1.807) is 36.4 Å². The normalized spacial score (nSPS) is 10.7. The molecule has 0 atom stereocenters. The SMILES string of the molecule is O=[N+]([O-])c1ccc(-c2nnc(COc3ccc(-c4nnco4)cc3)o2)cc1. The average molecular weight is 365 g/mol. The smallest absolute Gasteiger partial charge is 0.269 e. The van der Waals surface area contributed by atoms with Crippen LogP contribution in [0, 0.1) is 10.1 Å². The van der Waals surface area contributed by atoms with Crippen molar-refractivity contribution in [3.63, 3.8) is 0 Å². The predicted molar refractivity (Wildman–Crippen MR) is 90.5 cm³/mol. The second-order valence-corrected chi connectivity index (χ2v) is 5.36. The summed E-state index contributed by atoms with van der Waals surface area (Å²) in [6.07, 6.45) is 1.26. The molecule has 0 unspecified atom stereocenters. The van der Waals surface area contributed by atoms with Gasteiger partial charge in [0.1, 0.15) is 5.75 Å². The van der Waals surface area contributed by atoms with E-state index in [1.165, 1.54) is 18.5 Å². The van der Waals surface area contributed by atoms with Gasteiger partial charge in [0, 0.05) is 23.3 Å². The summed E-state index contributed by atoms with van der Waals surface area (Å²) in [7, 11) is 0. The van der Waals surface area contributed by atoms with E-state index in [0.717, 1.165) is 5.56 Å². The summed E-state index contributed by atoms with van der Waals surface area (Å²) in [4.78, 5) is 10.2. The molecule has 2 heterocycles. The summed E-state index contributed by atoms with van der Waals surface area (Å²) in [6, 6.07) is 12.9. The highest BCUT2D eigenvalue weighted by molar-refractivity contribution is 5.55. The molecular formula is C17H11N5O5. The fourth-order valence-corrected chi connectivity index (χ4v) is 2.29. The Morgan fingerprint density at radius 3 is 2.30 bits per heavy atom. The lowest BCUT2D eigenvalue weighted by Crippen LogP contribution is -1.95. The van der Waals surface area contributed by atoms with Crippen molar-refractivity contribution in [1.82, 2.24) is 20.4 Å². The van der Waals surface area contributed by atoms with Crippen LogP contribution in [0.4, 0.5) is 5.69 Å². The van der Waals surface area contributed by atoms with Crippen molar-refractivity contribution in [3.8, 4) is 28.7 Å². The molecule has 0 fully saturated rings. The second kappa shape index (κ2) is 7.04. The molecule has 27 heavy (non-hydrogen) atoms. The average Bonchev–Trinajstić information content (AvgIpc) is 3.39. The van der Waals surface area contributed by atoms with Crippen LogP contribution in [0.15, 0.2) is 63.8 Å². The molecule has 4 aromatic rings. The minimum absolute atomic E-state index is 0.00852. The van der Waals surface area contributed by atoms with Crippen molar-refractivity contribution in [2.75, 3.05) is 0 Å². The molecule has 2 aromatic carbocycles. The lowest BCUT2D eigenvalue weighted by molar-refractivity contribution is -0.384. The van der Waals surface area contributed by atoms with Crippen molar-refractivity contribution < 1.29 is 18.5 Å². The molecule has 0 aliphatic heterocycles. The van der Waals surface area contributed by atoms with E-state index >= 15 is 0 Å². The maximum Gasteiger partial charge on any atom is 0.269 e. The van der Waals surface area contributed by atoms with E-state index < -0.39 is 4.92 Å². The molecule has 0 saturated carbocycles. The maximum atomic E-state index is 10.7. The minimum atomic E-state index is -0.472. The number of nitrogens with zero attached hydrogens (tertiary/aromatic N) is 5. The third kappa shape index (κ3) is 3.63. The molecule has 0 bridgehead atoms. The van der Waals surface area contributed by atoms with Crippen LogP contribution in [0.1, 0.15) is 5.89 Å². The van der Waals surface area contributed by atoms with Crippen molar-refractivity contribution in [3.05, 3.63) is 70.9 Å². The number of hydrogen-bond donors (Lipinski definition) is 0. The standard InChI is InChI=1S/C17H11N5O5/c23-22(24)13-5-1-12(2-6-13)17-21-19-15(27-17)9-25-14-7-3-11(4-8-14)16-20-18-10-26-16/h1-8,10H,9H2. The number of aromatic nitrogens is 4. The van der Waals surface area contributed by atoms with Crippen LogP contribution in [0.3, 0.4) is 0 Å². The summed E-state index contributed by atoms with van der Waals surface area (Å²) < 4.78 is 16.3. The van der Waals surface area contributed by atoms with Crippen molar-refractivity contribution in [2.24, 2.45) is 0 Å². The molecule has 10 heteroatoms. The third-order valence-corrected chi connectivity index (χ3v) is 3.62. The Kier molecular flexibility index (Phi) is 4.27. The van der Waals surface area contributed by atoms with E-state index in [1.807, 2.05) is 0 Å².